The molecular weight excluding hydrogens is 166 g/mol. The van der Waals surface area contributed by atoms with E-state index < -0.39 is 0 Å². The van der Waals surface area contributed by atoms with Crippen LogP contribution in [-0.2, 0) is 13.6 Å². The third-order valence-corrected chi connectivity index (χ3v) is 1.79. The monoisotopic (exact) mass is 177 g/mol. The maximum Gasteiger partial charge on any atom is 0.174 e. The van der Waals surface area contributed by atoms with Crippen LogP contribution < -0.4 is 5.73 Å². The summed E-state index contributed by atoms with van der Waals surface area (Å²) in [6.07, 6.45) is 3.73. The first kappa shape index (κ1) is 8.00. The molecule has 5 nitrogen and oxygen atoms in total. The molecule has 5 heteroatoms. The normalized spacial score (nSPS) is 10.6. The molecule has 0 amide bonds. The third kappa shape index (κ3) is 1.46. The van der Waals surface area contributed by atoms with Gasteiger partial charge in [-0.2, -0.15) is 10.2 Å². The summed E-state index contributed by atoms with van der Waals surface area (Å²) >= 11 is 0. The Balaban J connectivity index is 2.35. The molecule has 0 radical (unpaired) electrons. The average molecular weight is 177 g/mol. The molecule has 0 saturated heterocycles. The van der Waals surface area contributed by atoms with Gasteiger partial charge in [-0.1, -0.05) is 0 Å². The summed E-state index contributed by atoms with van der Waals surface area (Å²) in [6, 6.07) is 3.78. The SMILES string of the molecule is Cn1ccc(-n2ccc(CN)n2)n1. The lowest BCUT2D eigenvalue weighted by atomic mass is 10.4. The largest absolute Gasteiger partial charge is 0.325 e. The van der Waals surface area contributed by atoms with Gasteiger partial charge in [0.05, 0.1) is 5.69 Å². The van der Waals surface area contributed by atoms with E-state index in [9.17, 15) is 0 Å². The predicted molar refractivity (Wildman–Crippen MR) is 48.2 cm³/mol. The molecule has 0 aromatic carbocycles. The maximum absolute atomic E-state index is 5.44. The lowest BCUT2D eigenvalue weighted by Gasteiger charge is -1.93. The smallest absolute Gasteiger partial charge is 0.174 e. The fourth-order valence-electron chi connectivity index (χ4n) is 1.12. The first-order valence-electron chi connectivity index (χ1n) is 4.04. The molecule has 2 N–H and O–H groups in total. The predicted octanol–water partition coefficient (Wildman–Crippen LogP) is 0.0645. The van der Waals surface area contributed by atoms with Crippen molar-refractivity contribution in [1.82, 2.24) is 19.6 Å². The molecule has 2 rings (SSSR count). The highest BCUT2D eigenvalue weighted by atomic mass is 15.4. The lowest BCUT2D eigenvalue weighted by molar-refractivity contribution is 0.725. The van der Waals surface area contributed by atoms with Gasteiger partial charge in [-0.15, -0.1) is 0 Å². The molecular formula is C8H11N5. The summed E-state index contributed by atoms with van der Waals surface area (Å²) in [5.74, 6) is 0.808. The van der Waals surface area contributed by atoms with Gasteiger partial charge < -0.3 is 5.73 Å². The van der Waals surface area contributed by atoms with Crippen molar-refractivity contribution in [2.45, 2.75) is 6.54 Å². The topological polar surface area (TPSA) is 61.7 Å². The van der Waals surface area contributed by atoms with E-state index in [0.717, 1.165) is 11.5 Å². The molecule has 13 heavy (non-hydrogen) atoms. The van der Waals surface area contributed by atoms with Gasteiger partial charge >= 0.3 is 0 Å². The second kappa shape index (κ2) is 3.02. The molecule has 2 aromatic heterocycles. The Bertz CT molecular complexity index is 400. The van der Waals surface area contributed by atoms with Crippen molar-refractivity contribution in [3.8, 4) is 5.82 Å². The van der Waals surface area contributed by atoms with Gasteiger partial charge in [0.2, 0.25) is 0 Å². The highest BCUT2D eigenvalue weighted by molar-refractivity contribution is 5.19. The highest BCUT2D eigenvalue weighted by Crippen LogP contribution is 2.03. The van der Waals surface area contributed by atoms with Gasteiger partial charge in [-0.25, -0.2) is 4.68 Å². The maximum atomic E-state index is 5.44. The zero-order valence-corrected chi connectivity index (χ0v) is 7.38. The van der Waals surface area contributed by atoms with E-state index in [1.54, 1.807) is 9.36 Å². The molecule has 0 unspecified atom stereocenters. The molecule has 0 fully saturated rings. The second-order valence-corrected chi connectivity index (χ2v) is 2.80. The first-order valence-corrected chi connectivity index (χ1v) is 4.04. The number of hydrogen-bond donors (Lipinski definition) is 1. The van der Waals surface area contributed by atoms with Gasteiger partial charge in [0.1, 0.15) is 0 Å². The molecule has 2 heterocycles. The number of nitrogens with two attached hydrogens (primary N) is 1. The van der Waals surface area contributed by atoms with E-state index in [2.05, 4.69) is 10.2 Å². The van der Waals surface area contributed by atoms with Gasteiger partial charge in [-0.3, -0.25) is 4.68 Å². The van der Waals surface area contributed by atoms with Crippen molar-refractivity contribution in [3.05, 3.63) is 30.2 Å². The number of aryl methyl sites for hydroxylation is 1. The Morgan fingerprint density at radius 3 is 2.69 bits per heavy atom. The molecule has 0 aliphatic rings. The highest BCUT2D eigenvalue weighted by Gasteiger charge is 2.01. The summed E-state index contributed by atoms with van der Waals surface area (Å²) in [7, 11) is 1.87. The van der Waals surface area contributed by atoms with Crippen LogP contribution in [0.15, 0.2) is 24.5 Å². The number of rotatable bonds is 2. The van der Waals surface area contributed by atoms with Crippen molar-refractivity contribution >= 4 is 0 Å². The fraction of sp³-hybridized carbons (Fsp3) is 0.250. The van der Waals surface area contributed by atoms with Crippen LogP contribution in [0.5, 0.6) is 0 Å². The minimum Gasteiger partial charge on any atom is -0.325 e. The quantitative estimate of drug-likeness (QED) is 0.705. The van der Waals surface area contributed by atoms with Crippen molar-refractivity contribution in [3.63, 3.8) is 0 Å². The van der Waals surface area contributed by atoms with E-state index in [0.29, 0.717) is 6.54 Å². The van der Waals surface area contributed by atoms with Gasteiger partial charge in [0, 0.05) is 32.1 Å². The number of aromatic nitrogens is 4. The first-order chi connectivity index (χ1) is 6.29. The van der Waals surface area contributed by atoms with Crippen molar-refractivity contribution in [1.29, 1.82) is 0 Å². The molecule has 0 atom stereocenters. The van der Waals surface area contributed by atoms with E-state index in [4.69, 9.17) is 5.73 Å². The fourth-order valence-corrected chi connectivity index (χ4v) is 1.12. The minimum atomic E-state index is 0.458. The summed E-state index contributed by atoms with van der Waals surface area (Å²) in [5, 5.41) is 8.43. The van der Waals surface area contributed by atoms with Gasteiger partial charge in [0.25, 0.3) is 0 Å². The van der Waals surface area contributed by atoms with E-state index in [1.165, 1.54) is 0 Å². The summed E-state index contributed by atoms with van der Waals surface area (Å²) in [5.41, 5.74) is 6.31. The molecule has 0 bridgehead atoms. The van der Waals surface area contributed by atoms with Crippen LogP contribution in [0.25, 0.3) is 5.82 Å². The van der Waals surface area contributed by atoms with Crippen LogP contribution in [0, 0.1) is 0 Å². The summed E-state index contributed by atoms with van der Waals surface area (Å²) in [6.45, 7) is 0.458. The lowest BCUT2D eigenvalue weighted by Crippen LogP contribution is -2.01. The molecule has 0 aliphatic heterocycles. The summed E-state index contributed by atoms with van der Waals surface area (Å²) in [4.78, 5) is 0. The standard InChI is InChI=1S/C8H11N5/c1-12-4-3-8(11-12)13-5-2-7(6-9)10-13/h2-5H,6,9H2,1H3. The van der Waals surface area contributed by atoms with E-state index >= 15 is 0 Å². The van der Waals surface area contributed by atoms with E-state index in [1.807, 2.05) is 31.6 Å². The van der Waals surface area contributed by atoms with Gasteiger partial charge in [0.15, 0.2) is 5.82 Å². The third-order valence-electron chi connectivity index (χ3n) is 1.79. The second-order valence-electron chi connectivity index (χ2n) is 2.80. The molecule has 0 saturated carbocycles. The van der Waals surface area contributed by atoms with Crippen LogP contribution in [0.4, 0.5) is 0 Å². The summed E-state index contributed by atoms with van der Waals surface area (Å²) < 4.78 is 3.45. The van der Waals surface area contributed by atoms with E-state index in [-0.39, 0.29) is 0 Å². The van der Waals surface area contributed by atoms with Crippen LogP contribution in [0.2, 0.25) is 0 Å². The zero-order chi connectivity index (χ0) is 9.26. The molecule has 0 spiro atoms. The van der Waals surface area contributed by atoms with Crippen molar-refractivity contribution in [2.75, 3.05) is 0 Å². The molecule has 68 valence electrons. The Morgan fingerprint density at radius 1 is 1.31 bits per heavy atom. The van der Waals surface area contributed by atoms with Crippen LogP contribution in [0.1, 0.15) is 5.69 Å². The molecule has 0 aliphatic carbocycles. The molecule has 2 aromatic rings. The zero-order valence-electron chi connectivity index (χ0n) is 7.38. The Morgan fingerprint density at radius 2 is 2.15 bits per heavy atom. The van der Waals surface area contributed by atoms with Crippen molar-refractivity contribution < 1.29 is 0 Å². The van der Waals surface area contributed by atoms with Crippen LogP contribution in [-0.4, -0.2) is 19.6 Å². The van der Waals surface area contributed by atoms with Crippen LogP contribution >= 0.6 is 0 Å². The van der Waals surface area contributed by atoms with Crippen LogP contribution in [0.3, 0.4) is 0 Å². The average Bonchev–Trinajstić information content (AvgIpc) is 2.71. The number of hydrogen-bond acceptors (Lipinski definition) is 3. The Labute approximate surface area is 75.8 Å². The Hall–Kier alpha value is -1.62. The Kier molecular flexibility index (Phi) is 1.86. The van der Waals surface area contributed by atoms with Crippen molar-refractivity contribution in [2.24, 2.45) is 12.8 Å². The number of nitrogens with zero attached hydrogens (tertiary/aromatic N) is 4. The van der Waals surface area contributed by atoms with Gasteiger partial charge in [-0.05, 0) is 6.07 Å². The minimum absolute atomic E-state index is 0.458.